The van der Waals surface area contributed by atoms with E-state index in [1.165, 1.54) is 12.4 Å². The van der Waals surface area contributed by atoms with Crippen molar-refractivity contribution < 1.29 is 14.3 Å². The molecule has 2 aliphatic rings. The van der Waals surface area contributed by atoms with Gasteiger partial charge < -0.3 is 15.4 Å². The van der Waals surface area contributed by atoms with Crippen molar-refractivity contribution in [2.24, 2.45) is 0 Å². The van der Waals surface area contributed by atoms with Gasteiger partial charge >= 0.3 is 0 Å². The largest absolute Gasteiger partial charge is 0.457 e. The molecule has 3 heterocycles. The van der Waals surface area contributed by atoms with Crippen LogP contribution >= 0.6 is 0 Å². The molecule has 1 amide bonds. The molecule has 10 nitrogen and oxygen atoms in total. The molecular formula is C33H37N7O3. The van der Waals surface area contributed by atoms with Gasteiger partial charge in [0, 0.05) is 56.7 Å². The number of carbonyl (C=O) groups is 2. The maximum Gasteiger partial charge on any atom is 0.219 e. The average Bonchev–Trinajstić information content (AvgIpc) is 3.43. The van der Waals surface area contributed by atoms with Crippen LogP contribution < -0.4 is 10.5 Å². The maximum absolute atomic E-state index is 12.4. The number of anilines is 1. The van der Waals surface area contributed by atoms with Gasteiger partial charge in [-0.05, 0) is 62.1 Å². The molecule has 0 bridgehead atoms. The fourth-order valence-corrected chi connectivity index (χ4v) is 6.36. The van der Waals surface area contributed by atoms with E-state index in [1.807, 2.05) is 58.1 Å². The van der Waals surface area contributed by atoms with Crippen LogP contribution in [-0.4, -0.2) is 73.5 Å². The number of nitrogens with zero attached hydrogens (tertiary/aromatic N) is 6. The molecule has 0 spiro atoms. The molecule has 0 atom stereocenters. The van der Waals surface area contributed by atoms with Crippen molar-refractivity contribution in [3.8, 4) is 22.8 Å². The second-order valence-corrected chi connectivity index (χ2v) is 11.3. The number of hydrogen-bond acceptors (Lipinski definition) is 8. The van der Waals surface area contributed by atoms with E-state index in [0.29, 0.717) is 40.1 Å². The smallest absolute Gasteiger partial charge is 0.219 e. The lowest BCUT2D eigenvalue weighted by Crippen LogP contribution is -2.52. The second-order valence-electron chi connectivity index (χ2n) is 11.3. The van der Waals surface area contributed by atoms with Crippen LogP contribution in [0.1, 0.15) is 44.2 Å². The number of benzene rings is 2. The van der Waals surface area contributed by atoms with Gasteiger partial charge in [-0.2, -0.15) is 5.10 Å². The summed E-state index contributed by atoms with van der Waals surface area (Å²) in [7, 11) is 0. The van der Waals surface area contributed by atoms with Gasteiger partial charge in [-0.15, -0.1) is 0 Å². The number of nitrogen functional groups attached to an aromatic ring is 1. The molecule has 1 saturated carbocycles. The van der Waals surface area contributed by atoms with Crippen molar-refractivity contribution in [2.75, 3.05) is 31.9 Å². The maximum atomic E-state index is 12.4. The molecule has 43 heavy (non-hydrogen) atoms. The van der Waals surface area contributed by atoms with E-state index >= 15 is 0 Å². The molecule has 2 N–H and O–H groups in total. The van der Waals surface area contributed by atoms with Crippen LogP contribution in [0.15, 0.2) is 67.5 Å². The van der Waals surface area contributed by atoms with Crippen molar-refractivity contribution in [3.63, 3.8) is 0 Å². The Morgan fingerprint density at radius 2 is 1.72 bits per heavy atom. The number of hydrogen-bond donors (Lipinski definition) is 1. The molecule has 2 aromatic heterocycles. The number of ether oxygens (including phenoxy) is 1. The van der Waals surface area contributed by atoms with E-state index < -0.39 is 0 Å². The minimum atomic E-state index is -0.104. The lowest BCUT2D eigenvalue weighted by molar-refractivity contribution is -0.131. The predicted octanol–water partition coefficient (Wildman–Crippen LogP) is 4.81. The minimum absolute atomic E-state index is 0.104. The molecular weight excluding hydrogens is 542 g/mol. The number of rotatable bonds is 8. The molecule has 10 heteroatoms. The Hall–Kier alpha value is -4.57. The lowest BCUT2D eigenvalue weighted by atomic mass is 9.90. The van der Waals surface area contributed by atoms with Gasteiger partial charge in [0.2, 0.25) is 5.91 Å². The number of allylic oxidation sites excluding steroid dienone is 1. The van der Waals surface area contributed by atoms with E-state index in [4.69, 9.17) is 15.6 Å². The third-order valence-electron chi connectivity index (χ3n) is 8.70. The fourth-order valence-electron chi connectivity index (χ4n) is 6.36. The highest BCUT2D eigenvalue weighted by molar-refractivity contribution is 5.99. The Labute approximate surface area is 251 Å². The van der Waals surface area contributed by atoms with Crippen molar-refractivity contribution in [2.45, 2.75) is 51.1 Å². The fraction of sp³-hybridized carbons (Fsp3) is 0.364. The second kappa shape index (κ2) is 12.3. The summed E-state index contributed by atoms with van der Waals surface area (Å²) in [4.78, 5) is 37.6. The zero-order valence-electron chi connectivity index (χ0n) is 24.5. The van der Waals surface area contributed by atoms with Crippen LogP contribution in [0.5, 0.6) is 11.5 Å². The van der Waals surface area contributed by atoms with Crippen LogP contribution in [-0.2, 0) is 16.0 Å². The third-order valence-corrected chi connectivity index (χ3v) is 8.70. The monoisotopic (exact) mass is 579 g/mol. The topological polar surface area (TPSA) is 119 Å². The van der Waals surface area contributed by atoms with Crippen molar-refractivity contribution in [1.82, 2.24) is 29.5 Å². The highest BCUT2D eigenvalue weighted by Gasteiger charge is 2.31. The molecule has 0 unspecified atom stereocenters. The van der Waals surface area contributed by atoms with Gasteiger partial charge in [-0.1, -0.05) is 24.8 Å². The summed E-state index contributed by atoms with van der Waals surface area (Å²) in [5, 5.41) is 5.81. The van der Waals surface area contributed by atoms with Gasteiger partial charge in [0.1, 0.15) is 29.3 Å². The number of amides is 1. The quantitative estimate of drug-likeness (QED) is 0.295. The molecule has 2 aromatic carbocycles. The molecule has 222 valence electrons. The standard InChI is InChI=1S/C33H37N7O3/c1-3-27(42)20-24-19-23(9-14-29(24)43-28-7-5-4-6-8-28)31-30-32(34)35-21-36-33(30)40(37-31)26-12-10-25(11-13-26)39-17-15-38(16-18-39)22(2)41/h3-9,14,19,21,25-26H,1,10-13,15-18,20H2,2H3,(H2,34,35,36). The van der Waals surface area contributed by atoms with Gasteiger partial charge in [-0.3, -0.25) is 14.5 Å². The molecule has 1 aliphatic heterocycles. The highest BCUT2D eigenvalue weighted by Crippen LogP contribution is 2.38. The number of ketones is 1. The number of carbonyl (C=O) groups excluding carboxylic acids is 2. The Bertz CT molecular complexity index is 1640. The van der Waals surface area contributed by atoms with Crippen molar-refractivity contribution in [1.29, 1.82) is 0 Å². The van der Waals surface area contributed by atoms with Crippen LogP contribution in [0, 0.1) is 0 Å². The van der Waals surface area contributed by atoms with Gasteiger partial charge in [-0.25, -0.2) is 14.6 Å². The van der Waals surface area contributed by atoms with Gasteiger partial charge in [0.25, 0.3) is 0 Å². The number of aromatic nitrogens is 4. The van der Waals surface area contributed by atoms with E-state index in [0.717, 1.165) is 63.0 Å². The Balaban J connectivity index is 1.28. The summed E-state index contributed by atoms with van der Waals surface area (Å²) >= 11 is 0. The van der Waals surface area contributed by atoms with Crippen LogP contribution in [0.4, 0.5) is 5.82 Å². The molecule has 6 rings (SSSR count). The third kappa shape index (κ3) is 6.01. The Kier molecular flexibility index (Phi) is 8.20. The summed E-state index contributed by atoms with van der Waals surface area (Å²) < 4.78 is 8.17. The summed E-state index contributed by atoms with van der Waals surface area (Å²) in [5.41, 5.74) is 9.38. The van der Waals surface area contributed by atoms with Crippen LogP contribution in [0.25, 0.3) is 22.3 Å². The first-order chi connectivity index (χ1) is 20.9. The normalized spacial score (nSPS) is 19.3. The Morgan fingerprint density at radius 1 is 1.00 bits per heavy atom. The summed E-state index contributed by atoms with van der Waals surface area (Å²) in [6.07, 6.45) is 7.03. The molecule has 4 aromatic rings. The van der Waals surface area contributed by atoms with E-state index in [2.05, 4.69) is 21.4 Å². The number of piperazine rings is 1. The zero-order chi connectivity index (χ0) is 29.9. The summed E-state index contributed by atoms with van der Waals surface area (Å²) in [5.74, 6) is 1.71. The van der Waals surface area contributed by atoms with Crippen LogP contribution in [0.3, 0.4) is 0 Å². The zero-order valence-corrected chi connectivity index (χ0v) is 24.5. The number of para-hydroxylation sites is 1. The number of nitrogens with two attached hydrogens (primary N) is 1. The van der Waals surface area contributed by atoms with Crippen LogP contribution in [0.2, 0.25) is 0 Å². The molecule has 2 fully saturated rings. The first-order valence-corrected chi connectivity index (χ1v) is 14.9. The minimum Gasteiger partial charge on any atom is -0.457 e. The number of fused-ring (bicyclic) bond motifs is 1. The SMILES string of the molecule is C=CC(=O)Cc1cc(-c2nn(C3CCC(N4CCN(C(C)=O)CC4)CC3)c3ncnc(N)c23)ccc1Oc1ccccc1. The lowest BCUT2D eigenvalue weighted by Gasteiger charge is -2.41. The molecule has 0 radical (unpaired) electrons. The highest BCUT2D eigenvalue weighted by atomic mass is 16.5. The molecule has 1 saturated heterocycles. The van der Waals surface area contributed by atoms with E-state index in [9.17, 15) is 9.59 Å². The Morgan fingerprint density at radius 3 is 2.42 bits per heavy atom. The van der Waals surface area contributed by atoms with Crippen molar-refractivity contribution >= 4 is 28.5 Å². The first kappa shape index (κ1) is 28.5. The van der Waals surface area contributed by atoms with Crippen molar-refractivity contribution in [3.05, 3.63) is 73.1 Å². The first-order valence-electron chi connectivity index (χ1n) is 14.9. The average molecular weight is 580 g/mol. The van der Waals surface area contributed by atoms with E-state index in [1.54, 1.807) is 6.92 Å². The molecule has 1 aliphatic carbocycles. The summed E-state index contributed by atoms with van der Waals surface area (Å²) in [6.45, 7) is 8.74. The van der Waals surface area contributed by atoms with Gasteiger partial charge in [0.15, 0.2) is 11.4 Å². The van der Waals surface area contributed by atoms with Gasteiger partial charge in [0.05, 0.1) is 11.4 Å². The van der Waals surface area contributed by atoms with E-state index in [-0.39, 0.29) is 24.2 Å². The predicted molar refractivity (Wildman–Crippen MR) is 166 cm³/mol. The summed E-state index contributed by atoms with van der Waals surface area (Å²) in [6, 6.07) is 15.9.